The van der Waals surface area contributed by atoms with Gasteiger partial charge in [0.1, 0.15) is 23.0 Å². The molecule has 28 heavy (non-hydrogen) atoms. The highest BCUT2D eigenvalue weighted by atomic mass is 35.5. The van der Waals surface area contributed by atoms with Gasteiger partial charge in [-0.2, -0.15) is 0 Å². The van der Waals surface area contributed by atoms with E-state index in [0.717, 1.165) is 15.6 Å². The first-order valence-corrected chi connectivity index (χ1v) is 10.4. The molecule has 7 nitrogen and oxygen atoms in total. The SMILES string of the molecule is COc1ccc(NC(=O)[C@H]2COc3ccc(Cl)cc3C2)cc1S(=O)(=O)N(C)C. The van der Waals surface area contributed by atoms with E-state index in [1.807, 2.05) is 0 Å². The predicted molar refractivity (Wildman–Crippen MR) is 107 cm³/mol. The highest BCUT2D eigenvalue weighted by Gasteiger charge is 2.27. The van der Waals surface area contributed by atoms with Crippen molar-refractivity contribution in [3.63, 3.8) is 0 Å². The van der Waals surface area contributed by atoms with Crippen LogP contribution in [0, 0.1) is 5.92 Å². The Balaban J connectivity index is 1.81. The molecule has 0 bridgehead atoms. The summed E-state index contributed by atoms with van der Waals surface area (Å²) in [5.41, 5.74) is 1.23. The topological polar surface area (TPSA) is 84.9 Å². The first-order chi connectivity index (χ1) is 13.2. The van der Waals surface area contributed by atoms with Crippen LogP contribution in [0.15, 0.2) is 41.3 Å². The summed E-state index contributed by atoms with van der Waals surface area (Å²) in [6.07, 6.45) is 0.487. The van der Waals surface area contributed by atoms with Gasteiger partial charge in [0, 0.05) is 24.8 Å². The van der Waals surface area contributed by atoms with Crippen LogP contribution in [0.5, 0.6) is 11.5 Å². The number of hydrogen-bond acceptors (Lipinski definition) is 5. The lowest BCUT2D eigenvalue weighted by atomic mass is 9.96. The van der Waals surface area contributed by atoms with Gasteiger partial charge in [0.2, 0.25) is 15.9 Å². The standard InChI is InChI=1S/C19H21ClN2O5S/c1-22(2)28(24,25)18-10-15(5-7-17(18)26-3)21-19(23)13-8-12-9-14(20)4-6-16(12)27-11-13/h4-7,9-10,13H,8,11H2,1-3H3,(H,21,23)/t13-/m1/s1. The molecular weight excluding hydrogens is 404 g/mol. The summed E-state index contributed by atoms with van der Waals surface area (Å²) in [7, 11) is 0.528. The maximum Gasteiger partial charge on any atom is 0.246 e. The fraction of sp³-hybridized carbons (Fsp3) is 0.316. The van der Waals surface area contributed by atoms with Crippen LogP contribution in [0.1, 0.15) is 5.56 Å². The largest absolute Gasteiger partial charge is 0.495 e. The molecule has 0 unspecified atom stereocenters. The van der Waals surface area contributed by atoms with Gasteiger partial charge in [0.15, 0.2) is 0 Å². The van der Waals surface area contributed by atoms with Crippen molar-refractivity contribution in [3.8, 4) is 11.5 Å². The summed E-state index contributed by atoms with van der Waals surface area (Å²) >= 11 is 6.02. The normalized spacial score (nSPS) is 16.2. The van der Waals surface area contributed by atoms with E-state index in [1.165, 1.54) is 33.3 Å². The van der Waals surface area contributed by atoms with Gasteiger partial charge >= 0.3 is 0 Å². The lowest BCUT2D eigenvalue weighted by molar-refractivity contribution is -0.121. The first kappa shape index (κ1) is 20.4. The van der Waals surface area contributed by atoms with Crippen LogP contribution in [0.3, 0.4) is 0 Å². The molecule has 3 rings (SSSR count). The molecule has 1 amide bonds. The van der Waals surface area contributed by atoms with Crippen molar-refractivity contribution in [2.75, 3.05) is 33.1 Å². The molecule has 0 fully saturated rings. The Morgan fingerprint density at radius 1 is 1.25 bits per heavy atom. The molecule has 150 valence electrons. The molecular formula is C19H21ClN2O5S. The maximum absolute atomic E-state index is 12.7. The number of hydrogen-bond donors (Lipinski definition) is 1. The predicted octanol–water partition coefficient (Wildman–Crippen LogP) is 2.79. The second-order valence-electron chi connectivity index (χ2n) is 6.61. The van der Waals surface area contributed by atoms with E-state index >= 15 is 0 Å². The van der Waals surface area contributed by atoms with Crippen molar-refractivity contribution in [2.45, 2.75) is 11.3 Å². The van der Waals surface area contributed by atoms with Crippen molar-refractivity contribution in [1.82, 2.24) is 4.31 Å². The first-order valence-electron chi connectivity index (χ1n) is 8.55. The molecule has 2 aromatic rings. The minimum absolute atomic E-state index is 0.0187. The van der Waals surface area contributed by atoms with Crippen molar-refractivity contribution in [2.24, 2.45) is 5.92 Å². The lowest BCUT2D eigenvalue weighted by Gasteiger charge is -2.25. The Labute approximate surface area is 169 Å². The Kier molecular flexibility index (Phi) is 5.83. The number of halogens is 1. The van der Waals surface area contributed by atoms with E-state index < -0.39 is 15.9 Å². The number of nitrogens with zero attached hydrogens (tertiary/aromatic N) is 1. The van der Waals surface area contributed by atoms with Crippen molar-refractivity contribution >= 4 is 33.2 Å². The van der Waals surface area contributed by atoms with Crippen molar-refractivity contribution in [1.29, 1.82) is 0 Å². The van der Waals surface area contributed by atoms with Crippen LogP contribution in [0.25, 0.3) is 0 Å². The molecule has 9 heteroatoms. The Hall–Kier alpha value is -2.29. The van der Waals surface area contributed by atoms with Crippen LogP contribution < -0.4 is 14.8 Å². The Bertz CT molecular complexity index is 1010. The zero-order valence-electron chi connectivity index (χ0n) is 15.7. The summed E-state index contributed by atoms with van der Waals surface area (Å²) < 4.78 is 36.9. The lowest BCUT2D eigenvalue weighted by Crippen LogP contribution is -2.32. The number of sulfonamides is 1. The number of fused-ring (bicyclic) bond motifs is 1. The molecule has 2 aromatic carbocycles. The van der Waals surface area contributed by atoms with Gasteiger partial charge < -0.3 is 14.8 Å². The van der Waals surface area contributed by atoms with Crippen molar-refractivity contribution in [3.05, 3.63) is 47.0 Å². The van der Waals surface area contributed by atoms with Gasteiger partial charge in [-0.3, -0.25) is 4.79 Å². The third kappa shape index (κ3) is 4.09. The number of methoxy groups -OCH3 is 1. The summed E-state index contributed by atoms with van der Waals surface area (Å²) in [6, 6.07) is 9.81. The molecule has 1 atom stereocenters. The van der Waals surface area contributed by atoms with Gasteiger partial charge in [0.05, 0.1) is 13.0 Å². The molecule has 1 N–H and O–H groups in total. The van der Waals surface area contributed by atoms with E-state index in [-0.39, 0.29) is 23.2 Å². The highest BCUT2D eigenvalue weighted by molar-refractivity contribution is 7.89. The minimum Gasteiger partial charge on any atom is -0.495 e. The van der Waals surface area contributed by atoms with Crippen LogP contribution in [0.2, 0.25) is 5.02 Å². The summed E-state index contributed by atoms with van der Waals surface area (Å²) in [4.78, 5) is 12.7. The Morgan fingerprint density at radius 3 is 2.68 bits per heavy atom. The van der Waals surface area contributed by atoms with Crippen LogP contribution >= 0.6 is 11.6 Å². The van der Waals surface area contributed by atoms with Gasteiger partial charge in [-0.1, -0.05) is 11.6 Å². The van der Waals surface area contributed by atoms with Gasteiger partial charge in [0.25, 0.3) is 0 Å². The average molecular weight is 425 g/mol. The van der Waals surface area contributed by atoms with Crippen LogP contribution in [-0.4, -0.2) is 46.4 Å². The van der Waals surface area contributed by atoms with Crippen molar-refractivity contribution < 1.29 is 22.7 Å². The number of carbonyl (C=O) groups excluding carboxylic acids is 1. The van der Waals surface area contributed by atoms with Crippen LogP contribution in [0.4, 0.5) is 5.69 Å². The van der Waals surface area contributed by atoms with E-state index in [1.54, 1.807) is 24.3 Å². The van der Waals surface area contributed by atoms with E-state index in [0.29, 0.717) is 17.1 Å². The third-order valence-corrected chi connectivity index (χ3v) is 6.56. The summed E-state index contributed by atoms with van der Waals surface area (Å²) in [5.74, 6) is 0.250. The second-order valence-corrected chi connectivity index (χ2v) is 9.16. The number of ether oxygens (including phenoxy) is 2. The minimum atomic E-state index is -3.73. The summed E-state index contributed by atoms with van der Waals surface area (Å²) in [5, 5.41) is 3.35. The van der Waals surface area contributed by atoms with E-state index in [4.69, 9.17) is 21.1 Å². The van der Waals surface area contributed by atoms with Gasteiger partial charge in [-0.05, 0) is 48.4 Å². The molecule has 0 aromatic heterocycles. The molecule has 0 spiro atoms. The fourth-order valence-electron chi connectivity index (χ4n) is 2.93. The number of carbonyl (C=O) groups is 1. The average Bonchev–Trinajstić information content (AvgIpc) is 2.67. The highest BCUT2D eigenvalue weighted by Crippen LogP contribution is 2.32. The monoisotopic (exact) mass is 424 g/mol. The molecule has 0 radical (unpaired) electrons. The number of amides is 1. The molecule has 0 saturated carbocycles. The molecule has 1 aliphatic rings. The fourth-order valence-corrected chi connectivity index (χ4v) is 4.20. The van der Waals surface area contributed by atoms with Gasteiger partial charge in [-0.25, -0.2) is 12.7 Å². The number of nitrogens with one attached hydrogen (secondary N) is 1. The number of benzene rings is 2. The third-order valence-electron chi connectivity index (χ3n) is 4.49. The molecule has 1 heterocycles. The second kappa shape index (κ2) is 7.98. The smallest absolute Gasteiger partial charge is 0.246 e. The summed E-state index contributed by atoms with van der Waals surface area (Å²) in [6.45, 7) is 0.236. The molecule has 0 saturated heterocycles. The zero-order chi connectivity index (χ0) is 20.5. The zero-order valence-corrected chi connectivity index (χ0v) is 17.3. The quantitative estimate of drug-likeness (QED) is 0.797. The van der Waals surface area contributed by atoms with Gasteiger partial charge in [-0.15, -0.1) is 0 Å². The van der Waals surface area contributed by atoms with E-state index in [9.17, 15) is 13.2 Å². The van der Waals surface area contributed by atoms with Crippen LogP contribution in [-0.2, 0) is 21.2 Å². The molecule has 0 aliphatic carbocycles. The number of anilines is 1. The Morgan fingerprint density at radius 2 is 2.00 bits per heavy atom. The number of rotatable bonds is 5. The maximum atomic E-state index is 12.7. The molecule has 1 aliphatic heterocycles. The van der Waals surface area contributed by atoms with E-state index in [2.05, 4.69) is 5.32 Å².